The molecule has 1 saturated heterocycles. The van der Waals surface area contributed by atoms with Gasteiger partial charge in [-0.15, -0.1) is 0 Å². The summed E-state index contributed by atoms with van der Waals surface area (Å²) >= 11 is 0. The highest BCUT2D eigenvalue weighted by atomic mass is 16.5. The van der Waals surface area contributed by atoms with Crippen molar-refractivity contribution in [3.8, 4) is 11.5 Å². The Morgan fingerprint density at radius 3 is 2.95 bits per heavy atom. The summed E-state index contributed by atoms with van der Waals surface area (Å²) in [5.41, 5.74) is 0. The maximum absolute atomic E-state index is 11.9. The summed E-state index contributed by atoms with van der Waals surface area (Å²) in [6, 6.07) is 7.02. The van der Waals surface area contributed by atoms with Crippen molar-refractivity contribution in [2.24, 2.45) is 0 Å². The Bertz CT molecular complexity index is 480. The number of aliphatic hydroxyl groups excluding tert-OH is 1. The Balaban J connectivity index is 1.76. The maximum Gasteiger partial charge on any atom is 0.237 e. The summed E-state index contributed by atoms with van der Waals surface area (Å²) in [7, 11) is 1.60. The molecule has 1 aliphatic rings. The Morgan fingerprint density at radius 1 is 1.52 bits per heavy atom. The molecule has 116 valence electrons. The van der Waals surface area contributed by atoms with Crippen molar-refractivity contribution in [3.05, 3.63) is 24.3 Å². The fraction of sp³-hybridized carbons (Fsp3) is 0.533. The Labute approximate surface area is 124 Å². The normalized spacial score (nSPS) is 22.6. The predicted octanol–water partition coefficient (Wildman–Crippen LogP) is 0.301. The van der Waals surface area contributed by atoms with Gasteiger partial charge >= 0.3 is 0 Å². The molecule has 1 aromatic carbocycles. The summed E-state index contributed by atoms with van der Waals surface area (Å²) in [4.78, 5) is 11.9. The number of aliphatic hydroxyl groups is 1. The van der Waals surface area contributed by atoms with Gasteiger partial charge in [0.25, 0.3) is 0 Å². The van der Waals surface area contributed by atoms with Gasteiger partial charge in [-0.2, -0.15) is 0 Å². The number of hydrogen-bond acceptors (Lipinski definition) is 5. The Hall–Kier alpha value is -1.79. The maximum atomic E-state index is 11.9. The summed E-state index contributed by atoms with van der Waals surface area (Å²) < 4.78 is 10.9. The number of amides is 1. The van der Waals surface area contributed by atoms with Gasteiger partial charge in [-0.05, 0) is 25.5 Å². The Morgan fingerprint density at radius 2 is 2.29 bits per heavy atom. The van der Waals surface area contributed by atoms with E-state index in [0.29, 0.717) is 25.3 Å². The van der Waals surface area contributed by atoms with E-state index in [1.54, 1.807) is 13.2 Å². The van der Waals surface area contributed by atoms with Crippen molar-refractivity contribution in [2.45, 2.75) is 31.6 Å². The summed E-state index contributed by atoms with van der Waals surface area (Å²) in [5, 5.41) is 15.2. The van der Waals surface area contributed by atoms with Crippen LogP contribution in [0, 0.1) is 0 Å². The molecule has 1 aromatic rings. The SMILES string of the molecule is COc1cccc(O[C@H](C)CNC(=O)[C@@H]2C[C@H](O)CN2)c1. The van der Waals surface area contributed by atoms with Crippen LogP contribution in [0.3, 0.4) is 0 Å². The quantitative estimate of drug-likeness (QED) is 0.703. The van der Waals surface area contributed by atoms with Crippen LogP contribution < -0.4 is 20.1 Å². The van der Waals surface area contributed by atoms with Crippen molar-refractivity contribution in [1.29, 1.82) is 0 Å². The second kappa shape index (κ2) is 7.28. The van der Waals surface area contributed by atoms with Crippen LogP contribution in [0.15, 0.2) is 24.3 Å². The molecule has 6 nitrogen and oxygen atoms in total. The summed E-state index contributed by atoms with van der Waals surface area (Å²) in [6.45, 7) is 2.76. The molecule has 1 amide bonds. The van der Waals surface area contributed by atoms with E-state index in [9.17, 15) is 9.90 Å². The van der Waals surface area contributed by atoms with E-state index in [0.717, 1.165) is 5.75 Å². The van der Waals surface area contributed by atoms with E-state index in [2.05, 4.69) is 10.6 Å². The lowest BCUT2D eigenvalue weighted by Gasteiger charge is -2.17. The number of β-amino-alcohol motifs (C(OH)–C–C–N with tert-alkyl or cyclic N) is 1. The van der Waals surface area contributed by atoms with E-state index in [4.69, 9.17) is 9.47 Å². The first-order chi connectivity index (χ1) is 10.1. The third kappa shape index (κ3) is 4.61. The second-order valence-corrected chi connectivity index (χ2v) is 5.20. The third-order valence-electron chi connectivity index (χ3n) is 3.37. The van der Waals surface area contributed by atoms with Crippen LogP contribution in [0.2, 0.25) is 0 Å². The van der Waals surface area contributed by atoms with Crippen LogP contribution in [-0.2, 0) is 4.79 Å². The largest absolute Gasteiger partial charge is 0.497 e. The van der Waals surface area contributed by atoms with Gasteiger partial charge in [0.05, 0.1) is 25.8 Å². The highest BCUT2D eigenvalue weighted by Crippen LogP contribution is 2.19. The first-order valence-corrected chi connectivity index (χ1v) is 7.08. The molecule has 0 bridgehead atoms. The van der Waals surface area contributed by atoms with E-state index in [1.165, 1.54) is 0 Å². The zero-order valence-electron chi connectivity index (χ0n) is 12.3. The van der Waals surface area contributed by atoms with Gasteiger partial charge < -0.3 is 25.2 Å². The first-order valence-electron chi connectivity index (χ1n) is 7.08. The van der Waals surface area contributed by atoms with E-state index in [1.807, 2.05) is 25.1 Å². The van der Waals surface area contributed by atoms with E-state index in [-0.39, 0.29) is 18.1 Å². The van der Waals surface area contributed by atoms with Gasteiger partial charge in [-0.1, -0.05) is 6.07 Å². The molecule has 1 aliphatic heterocycles. The molecule has 21 heavy (non-hydrogen) atoms. The number of carbonyl (C=O) groups excluding carboxylic acids is 1. The average Bonchev–Trinajstić information content (AvgIpc) is 2.91. The summed E-state index contributed by atoms with van der Waals surface area (Å²) in [6.07, 6.45) is -0.143. The minimum atomic E-state index is -0.439. The smallest absolute Gasteiger partial charge is 0.237 e. The molecule has 3 atom stereocenters. The minimum Gasteiger partial charge on any atom is -0.497 e. The van der Waals surface area contributed by atoms with Crippen molar-refractivity contribution in [1.82, 2.24) is 10.6 Å². The number of carbonyl (C=O) groups is 1. The zero-order valence-corrected chi connectivity index (χ0v) is 12.3. The molecule has 0 saturated carbocycles. The van der Waals surface area contributed by atoms with Crippen molar-refractivity contribution in [2.75, 3.05) is 20.2 Å². The van der Waals surface area contributed by atoms with Crippen LogP contribution in [0.25, 0.3) is 0 Å². The molecule has 0 aliphatic carbocycles. The number of benzene rings is 1. The number of nitrogens with one attached hydrogen (secondary N) is 2. The van der Waals surface area contributed by atoms with E-state index < -0.39 is 6.10 Å². The molecular weight excluding hydrogens is 272 g/mol. The standard InChI is InChI=1S/C15H22N2O4/c1-10(21-13-5-3-4-12(7-13)20-2)8-17-15(19)14-6-11(18)9-16-14/h3-5,7,10-11,14,16,18H,6,8-9H2,1-2H3,(H,17,19)/t10-,11+,14+/m1/s1. The fourth-order valence-electron chi connectivity index (χ4n) is 2.23. The fourth-order valence-corrected chi connectivity index (χ4v) is 2.23. The minimum absolute atomic E-state index is 0.104. The van der Waals surface area contributed by atoms with Gasteiger partial charge in [0.15, 0.2) is 0 Å². The molecule has 0 aromatic heterocycles. The molecule has 0 unspecified atom stereocenters. The van der Waals surface area contributed by atoms with Crippen LogP contribution in [-0.4, -0.2) is 49.5 Å². The van der Waals surface area contributed by atoms with Gasteiger partial charge in [0.2, 0.25) is 5.91 Å². The molecule has 2 rings (SSSR count). The van der Waals surface area contributed by atoms with Crippen molar-refractivity contribution >= 4 is 5.91 Å². The molecule has 3 N–H and O–H groups in total. The second-order valence-electron chi connectivity index (χ2n) is 5.20. The van der Waals surface area contributed by atoms with Gasteiger partial charge in [-0.25, -0.2) is 0 Å². The van der Waals surface area contributed by atoms with Crippen LogP contribution >= 0.6 is 0 Å². The van der Waals surface area contributed by atoms with E-state index >= 15 is 0 Å². The number of ether oxygens (including phenoxy) is 2. The van der Waals surface area contributed by atoms with Gasteiger partial charge in [-0.3, -0.25) is 4.79 Å². The molecule has 6 heteroatoms. The average molecular weight is 294 g/mol. The molecule has 1 fully saturated rings. The topological polar surface area (TPSA) is 79.8 Å². The van der Waals surface area contributed by atoms with Crippen molar-refractivity contribution in [3.63, 3.8) is 0 Å². The first kappa shape index (κ1) is 15.6. The predicted molar refractivity (Wildman–Crippen MR) is 78.5 cm³/mol. The lowest BCUT2D eigenvalue weighted by molar-refractivity contribution is -0.123. The lowest BCUT2D eigenvalue weighted by atomic mass is 10.2. The number of methoxy groups -OCH3 is 1. The molecular formula is C15H22N2O4. The number of rotatable bonds is 6. The van der Waals surface area contributed by atoms with Gasteiger partial charge in [0.1, 0.15) is 17.6 Å². The molecule has 1 heterocycles. The molecule has 0 spiro atoms. The monoisotopic (exact) mass is 294 g/mol. The zero-order chi connectivity index (χ0) is 15.2. The molecule has 0 radical (unpaired) electrons. The van der Waals surface area contributed by atoms with Crippen LogP contribution in [0.5, 0.6) is 11.5 Å². The number of hydrogen-bond donors (Lipinski definition) is 3. The van der Waals surface area contributed by atoms with Crippen molar-refractivity contribution < 1.29 is 19.4 Å². The lowest BCUT2D eigenvalue weighted by Crippen LogP contribution is -2.43. The van der Waals surface area contributed by atoms with Gasteiger partial charge in [0, 0.05) is 12.6 Å². The summed E-state index contributed by atoms with van der Waals surface area (Å²) in [5.74, 6) is 1.33. The van der Waals surface area contributed by atoms with Crippen LogP contribution in [0.1, 0.15) is 13.3 Å². The van der Waals surface area contributed by atoms with Crippen LogP contribution in [0.4, 0.5) is 0 Å². The highest BCUT2D eigenvalue weighted by Gasteiger charge is 2.27. The third-order valence-corrected chi connectivity index (χ3v) is 3.37. The highest BCUT2D eigenvalue weighted by molar-refractivity contribution is 5.82. The Kier molecular flexibility index (Phi) is 5.41.